The third-order valence-corrected chi connectivity index (χ3v) is 4.11. The van der Waals surface area contributed by atoms with E-state index in [1.807, 2.05) is 31.3 Å². The van der Waals surface area contributed by atoms with Crippen molar-refractivity contribution >= 4 is 22.8 Å². The van der Waals surface area contributed by atoms with E-state index in [0.29, 0.717) is 6.61 Å². The van der Waals surface area contributed by atoms with Gasteiger partial charge in [0.2, 0.25) is 0 Å². The molecule has 22 heavy (non-hydrogen) atoms. The maximum atomic E-state index is 5.70. The molecule has 0 amide bonds. The van der Waals surface area contributed by atoms with E-state index in [4.69, 9.17) is 9.47 Å². The van der Waals surface area contributed by atoms with Crippen LogP contribution >= 0.6 is 11.8 Å². The van der Waals surface area contributed by atoms with Gasteiger partial charge in [-0.1, -0.05) is 0 Å². The average Bonchev–Trinajstić information content (AvgIpc) is 2.94. The monoisotopic (exact) mass is 316 g/mol. The predicted molar refractivity (Wildman–Crippen MR) is 85.5 cm³/mol. The van der Waals surface area contributed by atoms with Crippen LogP contribution in [0.15, 0.2) is 41.8 Å². The zero-order valence-electron chi connectivity index (χ0n) is 12.4. The van der Waals surface area contributed by atoms with Crippen molar-refractivity contribution in [1.29, 1.82) is 0 Å². The summed E-state index contributed by atoms with van der Waals surface area (Å²) in [5.41, 5.74) is 0.841. The minimum Gasteiger partial charge on any atom is -0.497 e. The Morgan fingerprint density at radius 3 is 2.68 bits per heavy atom. The van der Waals surface area contributed by atoms with Gasteiger partial charge in [0.25, 0.3) is 0 Å². The predicted octanol–water partition coefficient (Wildman–Crippen LogP) is 2.54. The van der Waals surface area contributed by atoms with Gasteiger partial charge in [-0.15, -0.1) is 11.8 Å². The van der Waals surface area contributed by atoms with Crippen LogP contribution in [-0.2, 0) is 7.05 Å². The normalized spacial score (nSPS) is 10.8. The molecule has 3 rings (SSSR count). The van der Waals surface area contributed by atoms with E-state index in [-0.39, 0.29) is 0 Å². The summed E-state index contributed by atoms with van der Waals surface area (Å²) in [7, 11) is 3.52. The number of rotatable bonds is 6. The number of hydrogen-bond acceptors (Lipinski definition) is 6. The third kappa shape index (κ3) is 3.14. The van der Waals surface area contributed by atoms with Gasteiger partial charge >= 0.3 is 0 Å². The van der Waals surface area contributed by atoms with Crippen LogP contribution in [0.3, 0.4) is 0 Å². The molecule has 2 heterocycles. The lowest BCUT2D eigenvalue weighted by Crippen LogP contribution is -2.00. The second-order valence-corrected chi connectivity index (χ2v) is 5.64. The highest BCUT2D eigenvalue weighted by Crippen LogP contribution is 2.24. The SMILES string of the molecule is COc1ccc(OCCSc2ncnc3c2cnn3C)cc1. The molecule has 0 aliphatic carbocycles. The van der Waals surface area contributed by atoms with Crippen LogP contribution in [-0.4, -0.2) is 39.2 Å². The van der Waals surface area contributed by atoms with E-state index in [1.54, 1.807) is 36.1 Å². The molecule has 0 atom stereocenters. The molecule has 1 aromatic carbocycles. The second-order valence-electron chi connectivity index (χ2n) is 4.56. The topological polar surface area (TPSA) is 62.1 Å². The van der Waals surface area contributed by atoms with Gasteiger partial charge in [-0.3, -0.25) is 4.68 Å². The number of nitrogens with zero attached hydrogens (tertiary/aromatic N) is 4. The molecule has 114 valence electrons. The van der Waals surface area contributed by atoms with Gasteiger partial charge in [-0.25, -0.2) is 9.97 Å². The van der Waals surface area contributed by atoms with Gasteiger partial charge in [0.15, 0.2) is 5.65 Å². The summed E-state index contributed by atoms with van der Waals surface area (Å²) in [6.45, 7) is 0.600. The van der Waals surface area contributed by atoms with Crippen LogP contribution in [0.2, 0.25) is 0 Å². The number of methoxy groups -OCH3 is 1. The Labute approximate surface area is 132 Å². The molecule has 0 bridgehead atoms. The van der Waals surface area contributed by atoms with Crippen LogP contribution in [0, 0.1) is 0 Å². The highest BCUT2D eigenvalue weighted by atomic mass is 32.2. The maximum Gasteiger partial charge on any atom is 0.162 e. The largest absolute Gasteiger partial charge is 0.497 e. The molecule has 2 aromatic heterocycles. The first-order valence-corrected chi connectivity index (χ1v) is 7.79. The molecular formula is C15H16N4O2S. The van der Waals surface area contributed by atoms with E-state index in [2.05, 4.69) is 15.1 Å². The van der Waals surface area contributed by atoms with Gasteiger partial charge in [0, 0.05) is 12.8 Å². The van der Waals surface area contributed by atoms with Crippen LogP contribution in [0.1, 0.15) is 0 Å². The number of fused-ring (bicyclic) bond motifs is 1. The molecule has 0 saturated carbocycles. The fraction of sp³-hybridized carbons (Fsp3) is 0.267. The number of aryl methyl sites for hydroxylation is 1. The summed E-state index contributed by atoms with van der Waals surface area (Å²) >= 11 is 1.64. The lowest BCUT2D eigenvalue weighted by atomic mass is 10.3. The molecule has 0 N–H and O–H groups in total. The quantitative estimate of drug-likeness (QED) is 0.396. The standard InChI is InChI=1S/C15H16N4O2S/c1-19-14-13(9-18-19)15(17-10-16-14)22-8-7-21-12-5-3-11(20-2)4-6-12/h3-6,9-10H,7-8H2,1-2H3. The molecule has 3 aromatic rings. The molecule has 0 spiro atoms. The Balaban J connectivity index is 1.56. The zero-order valence-corrected chi connectivity index (χ0v) is 13.2. The first-order chi connectivity index (χ1) is 10.8. The Kier molecular flexibility index (Phi) is 4.43. The minimum absolute atomic E-state index is 0.600. The highest BCUT2D eigenvalue weighted by molar-refractivity contribution is 7.99. The van der Waals surface area contributed by atoms with E-state index in [0.717, 1.165) is 33.3 Å². The van der Waals surface area contributed by atoms with Crippen molar-refractivity contribution in [3.63, 3.8) is 0 Å². The summed E-state index contributed by atoms with van der Waals surface area (Å²) in [5, 5.41) is 6.11. The summed E-state index contributed by atoms with van der Waals surface area (Å²) in [6.07, 6.45) is 3.36. The molecule has 0 aliphatic rings. The highest BCUT2D eigenvalue weighted by Gasteiger charge is 2.08. The van der Waals surface area contributed by atoms with Gasteiger partial charge in [0.1, 0.15) is 22.9 Å². The van der Waals surface area contributed by atoms with Crippen molar-refractivity contribution in [1.82, 2.24) is 19.7 Å². The Morgan fingerprint density at radius 1 is 1.14 bits per heavy atom. The number of hydrogen-bond donors (Lipinski definition) is 0. The molecule has 0 aliphatic heterocycles. The number of aromatic nitrogens is 4. The van der Waals surface area contributed by atoms with Crippen LogP contribution in [0.4, 0.5) is 0 Å². The molecule has 7 heteroatoms. The van der Waals surface area contributed by atoms with Crippen molar-refractivity contribution in [3.8, 4) is 11.5 Å². The zero-order chi connectivity index (χ0) is 15.4. The van der Waals surface area contributed by atoms with E-state index < -0.39 is 0 Å². The third-order valence-electron chi connectivity index (χ3n) is 3.14. The molecule has 0 saturated heterocycles. The molecule has 0 radical (unpaired) electrons. The van der Waals surface area contributed by atoms with Crippen molar-refractivity contribution in [2.75, 3.05) is 19.5 Å². The molecule has 0 fully saturated rings. The van der Waals surface area contributed by atoms with Crippen LogP contribution < -0.4 is 9.47 Å². The molecule has 0 unspecified atom stereocenters. The van der Waals surface area contributed by atoms with Gasteiger partial charge < -0.3 is 9.47 Å². The fourth-order valence-corrected chi connectivity index (χ4v) is 2.81. The van der Waals surface area contributed by atoms with Gasteiger partial charge in [-0.2, -0.15) is 5.10 Å². The van der Waals surface area contributed by atoms with Crippen molar-refractivity contribution in [2.24, 2.45) is 7.05 Å². The van der Waals surface area contributed by atoms with Crippen molar-refractivity contribution < 1.29 is 9.47 Å². The Morgan fingerprint density at radius 2 is 1.91 bits per heavy atom. The van der Waals surface area contributed by atoms with E-state index >= 15 is 0 Å². The van der Waals surface area contributed by atoms with E-state index in [9.17, 15) is 0 Å². The van der Waals surface area contributed by atoms with Crippen molar-refractivity contribution in [2.45, 2.75) is 5.03 Å². The summed E-state index contributed by atoms with van der Waals surface area (Å²) in [6, 6.07) is 7.55. The lowest BCUT2D eigenvalue weighted by Gasteiger charge is -2.07. The summed E-state index contributed by atoms with van der Waals surface area (Å²) in [5.74, 6) is 2.45. The Bertz CT molecular complexity index is 758. The second kappa shape index (κ2) is 6.65. The fourth-order valence-electron chi connectivity index (χ4n) is 2.03. The molecular weight excluding hydrogens is 300 g/mol. The first-order valence-electron chi connectivity index (χ1n) is 6.80. The number of thioether (sulfide) groups is 1. The Hall–Kier alpha value is -2.28. The number of benzene rings is 1. The average molecular weight is 316 g/mol. The maximum absolute atomic E-state index is 5.70. The summed E-state index contributed by atoms with van der Waals surface area (Å²) in [4.78, 5) is 8.54. The van der Waals surface area contributed by atoms with Crippen LogP contribution in [0.25, 0.3) is 11.0 Å². The van der Waals surface area contributed by atoms with Crippen molar-refractivity contribution in [3.05, 3.63) is 36.8 Å². The first kappa shape index (κ1) is 14.6. The lowest BCUT2D eigenvalue weighted by molar-refractivity contribution is 0.342. The summed E-state index contributed by atoms with van der Waals surface area (Å²) < 4.78 is 12.6. The van der Waals surface area contributed by atoms with Gasteiger partial charge in [0.05, 0.1) is 25.3 Å². The van der Waals surface area contributed by atoms with E-state index in [1.165, 1.54) is 0 Å². The number of ether oxygens (including phenoxy) is 2. The van der Waals surface area contributed by atoms with Crippen LogP contribution in [0.5, 0.6) is 11.5 Å². The minimum atomic E-state index is 0.600. The van der Waals surface area contributed by atoms with Gasteiger partial charge in [-0.05, 0) is 24.3 Å². The molecule has 6 nitrogen and oxygen atoms in total. The smallest absolute Gasteiger partial charge is 0.162 e.